The van der Waals surface area contributed by atoms with E-state index in [4.69, 9.17) is 0 Å². The predicted octanol–water partition coefficient (Wildman–Crippen LogP) is 6.34. The van der Waals surface area contributed by atoms with E-state index in [0.29, 0.717) is 24.7 Å². The van der Waals surface area contributed by atoms with Gasteiger partial charge in [-0.1, -0.05) is 30.3 Å². The average molecular weight is 449 g/mol. The van der Waals surface area contributed by atoms with Crippen molar-refractivity contribution in [3.05, 3.63) is 89.5 Å². The van der Waals surface area contributed by atoms with Gasteiger partial charge < -0.3 is 5.32 Å². The van der Waals surface area contributed by atoms with Gasteiger partial charge >= 0.3 is 6.18 Å². The Bertz CT molecular complexity index is 1280. The van der Waals surface area contributed by atoms with Crippen LogP contribution in [-0.2, 0) is 12.7 Å². The first-order valence-corrected chi connectivity index (χ1v) is 10.8. The summed E-state index contributed by atoms with van der Waals surface area (Å²) in [7, 11) is 0. The predicted molar refractivity (Wildman–Crippen MR) is 120 cm³/mol. The maximum Gasteiger partial charge on any atom is 0.416 e. The summed E-state index contributed by atoms with van der Waals surface area (Å²) in [5.74, 6) is 0.496. The first kappa shape index (κ1) is 21.2. The summed E-state index contributed by atoms with van der Waals surface area (Å²) in [4.78, 5) is 8.81. The van der Waals surface area contributed by atoms with Crippen molar-refractivity contribution >= 4 is 11.6 Å². The van der Waals surface area contributed by atoms with E-state index in [1.54, 1.807) is 23.0 Å². The second-order valence-electron chi connectivity index (χ2n) is 8.18. The van der Waals surface area contributed by atoms with E-state index in [0.717, 1.165) is 35.0 Å². The zero-order valence-electron chi connectivity index (χ0n) is 18.0. The number of hydrogen-bond donors (Lipinski definition) is 1. The van der Waals surface area contributed by atoms with Crippen molar-refractivity contribution in [1.82, 2.24) is 19.7 Å². The Morgan fingerprint density at radius 2 is 1.79 bits per heavy atom. The van der Waals surface area contributed by atoms with Crippen LogP contribution in [0.25, 0.3) is 11.1 Å². The normalized spacial score (nSPS) is 15.8. The van der Waals surface area contributed by atoms with Gasteiger partial charge in [-0.05, 0) is 66.8 Å². The fourth-order valence-electron chi connectivity index (χ4n) is 4.36. The van der Waals surface area contributed by atoms with Crippen LogP contribution in [0.2, 0.25) is 0 Å². The molecule has 2 aromatic carbocycles. The molecule has 0 saturated heterocycles. The molecule has 3 heterocycles. The lowest BCUT2D eigenvalue weighted by atomic mass is 9.88. The van der Waals surface area contributed by atoms with Crippen molar-refractivity contribution < 1.29 is 13.2 Å². The minimum atomic E-state index is -4.41. The van der Waals surface area contributed by atoms with Crippen LogP contribution in [0.4, 0.5) is 24.8 Å². The van der Waals surface area contributed by atoms with E-state index in [1.165, 1.54) is 6.07 Å². The van der Waals surface area contributed by atoms with Gasteiger partial charge in [0.25, 0.3) is 0 Å². The summed E-state index contributed by atoms with van der Waals surface area (Å²) in [6.07, 6.45) is -1.28. The first-order valence-electron chi connectivity index (χ1n) is 10.8. The number of alkyl halides is 3. The van der Waals surface area contributed by atoms with Crippen molar-refractivity contribution in [2.45, 2.75) is 38.4 Å². The lowest BCUT2D eigenvalue weighted by molar-refractivity contribution is -0.138. The zero-order valence-corrected chi connectivity index (χ0v) is 18.0. The highest BCUT2D eigenvalue weighted by Crippen LogP contribution is 2.40. The Morgan fingerprint density at radius 3 is 2.55 bits per heavy atom. The van der Waals surface area contributed by atoms with Crippen molar-refractivity contribution in [1.29, 1.82) is 0 Å². The molecule has 1 unspecified atom stereocenters. The lowest BCUT2D eigenvalue weighted by Crippen LogP contribution is -2.21. The molecule has 4 aromatic rings. The van der Waals surface area contributed by atoms with Gasteiger partial charge in [0.1, 0.15) is 5.82 Å². The molecular weight excluding hydrogens is 427 g/mol. The van der Waals surface area contributed by atoms with Crippen LogP contribution in [0.1, 0.15) is 41.4 Å². The molecule has 5 rings (SSSR count). The molecule has 0 saturated carbocycles. The number of hydrogen-bond acceptors (Lipinski definition) is 4. The highest BCUT2D eigenvalue weighted by molar-refractivity contribution is 5.67. The summed E-state index contributed by atoms with van der Waals surface area (Å²) >= 11 is 0. The van der Waals surface area contributed by atoms with Gasteiger partial charge in [-0.2, -0.15) is 18.2 Å². The largest absolute Gasteiger partial charge is 0.416 e. The number of benzene rings is 2. The molecule has 5 nitrogen and oxygen atoms in total. The van der Waals surface area contributed by atoms with E-state index in [2.05, 4.69) is 20.4 Å². The number of nitrogens with zero attached hydrogens (tertiary/aromatic N) is 4. The van der Waals surface area contributed by atoms with Gasteiger partial charge in [0, 0.05) is 30.0 Å². The summed E-state index contributed by atoms with van der Waals surface area (Å²) in [6, 6.07) is 17.6. The zero-order chi connectivity index (χ0) is 23.0. The standard InChI is InChI=1S/C25H22F3N5/c1-16-15-18(12-13-29-16)17-8-10-19(11-9-17)30-24-31-23-21(6-4-14-33(23)32-24)20-5-2-3-7-22(20)25(26,27)28/h2-3,5,7-13,15,21H,4,6,14H2,1H3,(H,30,32). The summed E-state index contributed by atoms with van der Waals surface area (Å²) < 4.78 is 42.5. The molecule has 1 aliphatic heterocycles. The minimum Gasteiger partial charge on any atom is -0.323 e. The maximum atomic E-state index is 13.6. The van der Waals surface area contributed by atoms with Gasteiger partial charge in [-0.15, -0.1) is 5.10 Å². The number of pyridine rings is 1. The van der Waals surface area contributed by atoms with E-state index in [1.807, 2.05) is 43.3 Å². The van der Waals surface area contributed by atoms with E-state index in [-0.39, 0.29) is 5.56 Å². The van der Waals surface area contributed by atoms with Crippen molar-refractivity contribution in [3.63, 3.8) is 0 Å². The van der Waals surface area contributed by atoms with Gasteiger partial charge in [0.2, 0.25) is 5.95 Å². The third kappa shape index (κ3) is 4.33. The van der Waals surface area contributed by atoms with Crippen LogP contribution in [0.15, 0.2) is 66.9 Å². The summed E-state index contributed by atoms with van der Waals surface area (Å²) in [5.41, 5.74) is 3.54. The number of anilines is 2. The first-order chi connectivity index (χ1) is 15.9. The molecule has 1 atom stereocenters. The molecular formula is C25H22F3N5. The fraction of sp³-hybridized carbons (Fsp3) is 0.240. The Balaban J connectivity index is 1.41. The van der Waals surface area contributed by atoms with Crippen molar-refractivity contribution in [2.75, 3.05) is 5.32 Å². The number of aryl methyl sites for hydroxylation is 2. The highest BCUT2D eigenvalue weighted by Gasteiger charge is 2.37. The second-order valence-corrected chi connectivity index (χ2v) is 8.18. The Labute approximate surface area is 189 Å². The van der Waals surface area contributed by atoms with Gasteiger partial charge in [0.05, 0.1) is 5.56 Å². The molecule has 1 N–H and O–H groups in total. The van der Waals surface area contributed by atoms with E-state index < -0.39 is 17.7 Å². The van der Waals surface area contributed by atoms with Crippen molar-refractivity contribution in [2.24, 2.45) is 0 Å². The molecule has 8 heteroatoms. The van der Waals surface area contributed by atoms with Crippen LogP contribution in [0.5, 0.6) is 0 Å². The third-order valence-corrected chi connectivity index (χ3v) is 5.89. The van der Waals surface area contributed by atoms with Gasteiger partial charge in [0.15, 0.2) is 0 Å². The van der Waals surface area contributed by atoms with E-state index in [9.17, 15) is 13.2 Å². The number of rotatable bonds is 4. The molecule has 33 heavy (non-hydrogen) atoms. The van der Waals surface area contributed by atoms with E-state index >= 15 is 0 Å². The smallest absolute Gasteiger partial charge is 0.323 e. The van der Waals surface area contributed by atoms with Crippen molar-refractivity contribution in [3.8, 4) is 11.1 Å². The monoisotopic (exact) mass is 449 g/mol. The number of aromatic nitrogens is 4. The molecule has 168 valence electrons. The minimum absolute atomic E-state index is 0.252. The number of nitrogens with one attached hydrogen (secondary N) is 1. The Morgan fingerprint density at radius 1 is 1.00 bits per heavy atom. The molecule has 0 bridgehead atoms. The molecule has 0 aliphatic carbocycles. The third-order valence-electron chi connectivity index (χ3n) is 5.89. The quantitative estimate of drug-likeness (QED) is 0.395. The molecule has 0 radical (unpaired) electrons. The van der Waals surface area contributed by atoms with Crippen LogP contribution < -0.4 is 5.32 Å². The molecule has 2 aromatic heterocycles. The fourth-order valence-corrected chi connectivity index (χ4v) is 4.36. The van der Waals surface area contributed by atoms with Gasteiger partial charge in [-0.25, -0.2) is 4.68 Å². The average Bonchev–Trinajstić information content (AvgIpc) is 3.21. The summed E-state index contributed by atoms with van der Waals surface area (Å²) in [5, 5.41) is 7.70. The topological polar surface area (TPSA) is 55.6 Å². The maximum absolute atomic E-state index is 13.6. The molecule has 0 amide bonds. The highest BCUT2D eigenvalue weighted by atomic mass is 19.4. The van der Waals surface area contributed by atoms with Crippen LogP contribution in [0, 0.1) is 6.92 Å². The lowest BCUT2D eigenvalue weighted by Gasteiger charge is -2.25. The molecule has 0 spiro atoms. The molecule has 1 aliphatic rings. The molecule has 0 fully saturated rings. The summed E-state index contributed by atoms with van der Waals surface area (Å²) in [6.45, 7) is 2.58. The van der Waals surface area contributed by atoms with Gasteiger partial charge in [-0.3, -0.25) is 4.98 Å². The SMILES string of the molecule is Cc1cc(-c2ccc(Nc3nc4n(n3)CCCC4c3ccccc3C(F)(F)F)cc2)ccn1. The van der Waals surface area contributed by atoms with Crippen LogP contribution in [0.3, 0.4) is 0 Å². The Kier molecular flexibility index (Phi) is 5.36. The Hall–Kier alpha value is -3.68. The second kappa shape index (κ2) is 8.35. The van der Waals surface area contributed by atoms with Crippen LogP contribution in [-0.4, -0.2) is 19.7 Å². The number of halogens is 3. The van der Waals surface area contributed by atoms with Crippen LogP contribution >= 0.6 is 0 Å². The number of fused-ring (bicyclic) bond motifs is 1.